The number of hydrogen-bond acceptors (Lipinski definition) is 2. The van der Waals surface area contributed by atoms with E-state index >= 15 is 0 Å². The van der Waals surface area contributed by atoms with Crippen LogP contribution in [0.25, 0.3) is 0 Å². The van der Waals surface area contributed by atoms with Gasteiger partial charge in [0.1, 0.15) is 0 Å². The van der Waals surface area contributed by atoms with Crippen LogP contribution in [0.15, 0.2) is 10.5 Å². The SMILES string of the molecule is Cc1cc(C)c2c(c1Br)OCCC(=O)N2. The minimum absolute atomic E-state index is 0.00704. The number of benzene rings is 1. The zero-order chi connectivity index (χ0) is 11.0. The van der Waals surface area contributed by atoms with Crippen molar-refractivity contribution in [3.05, 3.63) is 21.7 Å². The molecule has 1 aliphatic heterocycles. The molecule has 0 saturated heterocycles. The van der Waals surface area contributed by atoms with Crippen LogP contribution in [0, 0.1) is 13.8 Å². The lowest BCUT2D eigenvalue weighted by molar-refractivity contribution is -0.116. The van der Waals surface area contributed by atoms with Gasteiger partial charge in [-0.2, -0.15) is 0 Å². The normalized spacial score (nSPS) is 15.0. The van der Waals surface area contributed by atoms with Gasteiger partial charge < -0.3 is 10.1 Å². The quantitative estimate of drug-likeness (QED) is 0.787. The van der Waals surface area contributed by atoms with E-state index < -0.39 is 0 Å². The third-order valence-electron chi connectivity index (χ3n) is 2.44. The van der Waals surface area contributed by atoms with Crippen molar-refractivity contribution in [1.82, 2.24) is 0 Å². The van der Waals surface area contributed by atoms with Gasteiger partial charge in [-0.1, -0.05) is 6.07 Å². The maximum Gasteiger partial charge on any atom is 0.227 e. The number of halogens is 1. The van der Waals surface area contributed by atoms with Crippen molar-refractivity contribution in [2.45, 2.75) is 20.3 Å². The van der Waals surface area contributed by atoms with Crippen molar-refractivity contribution in [1.29, 1.82) is 0 Å². The molecule has 80 valence electrons. The van der Waals surface area contributed by atoms with Gasteiger partial charge in [-0.3, -0.25) is 4.79 Å². The summed E-state index contributed by atoms with van der Waals surface area (Å²) < 4.78 is 6.50. The number of ether oxygens (including phenoxy) is 1. The number of carbonyl (C=O) groups excluding carboxylic acids is 1. The van der Waals surface area contributed by atoms with Crippen molar-refractivity contribution in [2.75, 3.05) is 11.9 Å². The highest BCUT2D eigenvalue weighted by molar-refractivity contribution is 9.10. The zero-order valence-corrected chi connectivity index (χ0v) is 10.3. The molecule has 0 atom stereocenters. The highest BCUT2D eigenvalue weighted by Crippen LogP contribution is 2.39. The van der Waals surface area contributed by atoms with E-state index in [9.17, 15) is 4.79 Å². The molecule has 0 saturated carbocycles. The van der Waals surface area contributed by atoms with Crippen LogP contribution in [-0.4, -0.2) is 12.5 Å². The molecule has 15 heavy (non-hydrogen) atoms. The summed E-state index contributed by atoms with van der Waals surface area (Å²) in [5, 5.41) is 2.86. The first-order valence-corrected chi connectivity index (χ1v) is 5.61. The summed E-state index contributed by atoms with van der Waals surface area (Å²) in [5.41, 5.74) is 2.93. The lowest BCUT2D eigenvalue weighted by Gasteiger charge is -2.13. The molecule has 1 aliphatic rings. The first kappa shape index (κ1) is 10.5. The standard InChI is InChI=1S/C11H12BrNO2/c1-6-5-7(2)10-11(9(6)12)15-4-3-8(14)13-10/h5H,3-4H2,1-2H3,(H,13,14). The molecule has 1 aromatic rings. The molecule has 0 radical (unpaired) electrons. The molecule has 4 heteroatoms. The van der Waals surface area contributed by atoms with Crippen LogP contribution < -0.4 is 10.1 Å². The van der Waals surface area contributed by atoms with Gasteiger partial charge in [-0.05, 0) is 40.9 Å². The molecule has 0 fully saturated rings. The Balaban J connectivity index is 2.60. The van der Waals surface area contributed by atoms with Crippen LogP contribution in [0.1, 0.15) is 17.5 Å². The molecule has 1 N–H and O–H groups in total. The van der Waals surface area contributed by atoms with Gasteiger partial charge in [0.25, 0.3) is 0 Å². The molecule has 0 bridgehead atoms. The Labute approximate surface area is 96.9 Å². The minimum atomic E-state index is 0.00704. The van der Waals surface area contributed by atoms with E-state index in [1.165, 1.54) is 0 Å². The van der Waals surface area contributed by atoms with Crippen LogP contribution in [0.2, 0.25) is 0 Å². The van der Waals surface area contributed by atoms with E-state index in [0.717, 1.165) is 27.0 Å². The minimum Gasteiger partial charge on any atom is -0.490 e. The molecular weight excluding hydrogens is 258 g/mol. The summed E-state index contributed by atoms with van der Waals surface area (Å²) in [6.07, 6.45) is 0.402. The van der Waals surface area contributed by atoms with Gasteiger partial charge in [-0.15, -0.1) is 0 Å². The lowest BCUT2D eigenvalue weighted by Crippen LogP contribution is -2.11. The number of anilines is 1. The zero-order valence-electron chi connectivity index (χ0n) is 8.69. The predicted molar refractivity (Wildman–Crippen MR) is 62.4 cm³/mol. The Hall–Kier alpha value is -1.03. The van der Waals surface area contributed by atoms with E-state index in [0.29, 0.717) is 13.0 Å². The van der Waals surface area contributed by atoms with Crippen molar-refractivity contribution < 1.29 is 9.53 Å². The lowest BCUT2D eigenvalue weighted by atomic mass is 10.1. The maximum absolute atomic E-state index is 11.4. The molecule has 3 nitrogen and oxygen atoms in total. The molecule has 0 aliphatic carbocycles. The smallest absolute Gasteiger partial charge is 0.227 e. The largest absolute Gasteiger partial charge is 0.490 e. The van der Waals surface area contributed by atoms with Gasteiger partial charge in [-0.25, -0.2) is 0 Å². The molecular formula is C11H12BrNO2. The fourth-order valence-corrected chi connectivity index (χ4v) is 2.09. The van der Waals surface area contributed by atoms with Gasteiger partial charge in [0, 0.05) is 0 Å². The van der Waals surface area contributed by atoms with Gasteiger partial charge in [0.2, 0.25) is 5.91 Å². The Bertz CT molecular complexity index is 429. The second-order valence-corrected chi connectivity index (χ2v) is 4.47. The first-order valence-electron chi connectivity index (χ1n) is 4.82. The number of rotatable bonds is 0. The fraction of sp³-hybridized carbons (Fsp3) is 0.364. The van der Waals surface area contributed by atoms with Crippen LogP contribution in [-0.2, 0) is 4.79 Å². The third kappa shape index (κ3) is 1.86. The topological polar surface area (TPSA) is 38.3 Å². The first-order chi connectivity index (χ1) is 7.09. The van der Waals surface area contributed by atoms with Gasteiger partial charge in [0.15, 0.2) is 5.75 Å². The average molecular weight is 270 g/mol. The number of aryl methyl sites for hydroxylation is 2. The Kier molecular flexibility index (Phi) is 2.69. The van der Waals surface area contributed by atoms with E-state index in [2.05, 4.69) is 21.2 Å². The van der Waals surface area contributed by atoms with Gasteiger partial charge in [0.05, 0.1) is 23.2 Å². The number of amides is 1. The highest BCUT2D eigenvalue weighted by Gasteiger charge is 2.19. The molecule has 1 aromatic carbocycles. The fourth-order valence-electron chi connectivity index (χ4n) is 1.67. The Morgan fingerprint density at radius 3 is 2.87 bits per heavy atom. The molecule has 1 amide bonds. The van der Waals surface area contributed by atoms with E-state index in [4.69, 9.17) is 4.74 Å². The van der Waals surface area contributed by atoms with Crippen molar-refractivity contribution in [3.8, 4) is 5.75 Å². The summed E-state index contributed by atoms with van der Waals surface area (Å²) in [7, 11) is 0. The second-order valence-electron chi connectivity index (χ2n) is 3.68. The molecule has 0 aromatic heterocycles. The van der Waals surface area contributed by atoms with E-state index in [1.54, 1.807) is 0 Å². The van der Waals surface area contributed by atoms with Crippen molar-refractivity contribution >= 4 is 27.5 Å². The van der Waals surface area contributed by atoms with Crippen LogP contribution in [0.3, 0.4) is 0 Å². The molecule has 0 unspecified atom stereocenters. The molecule has 0 spiro atoms. The number of nitrogens with one attached hydrogen (secondary N) is 1. The van der Waals surface area contributed by atoms with Crippen molar-refractivity contribution in [3.63, 3.8) is 0 Å². The number of carbonyl (C=O) groups is 1. The summed E-state index contributed by atoms with van der Waals surface area (Å²) in [6, 6.07) is 2.03. The van der Waals surface area contributed by atoms with E-state index in [1.807, 2.05) is 19.9 Å². The average Bonchev–Trinajstić information content (AvgIpc) is 2.37. The third-order valence-corrected chi connectivity index (χ3v) is 3.43. The summed E-state index contributed by atoms with van der Waals surface area (Å²) in [5.74, 6) is 0.756. The maximum atomic E-state index is 11.4. The van der Waals surface area contributed by atoms with Crippen LogP contribution in [0.4, 0.5) is 5.69 Å². The summed E-state index contributed by atoms with van der Waals surface area (Å²) in [4.78, 5) is 11.4. The molecule has 1 heterocycles. The summed E-state index contributed by atoms with van der Waals surface area (Å²) >= 11 is 3.48. The number of fused-ring (bicyclic) bond motifs is 1. The van der Waals surface area contributed by atoms with E-state index in [-0.39, 0.29) is 5.91 Å². The van der Waals surface area contributed by atoms with Crippen molar-refractivity contribution in [2.24, 2.45) is 0 Å². The van der Waals surface area contributed by atoms with Gasteiger partial charge >= 0.3 is 0 Å². The highest BCUT2D eigenvalue weighted by atomic mass is 79.9. The van der Waals surface area contributed by atoms with Crippen LogP contribution >= 0.6 is 15.9 Å². The Morgan fingerprint density at radius 1 is 1.40 bits per heavy atom. The molecule has 2 rings (SSSR count). The number of hydrogen-bond donors (Lipinski definition) is 1. The monoisotopic (exact) mass is 269 g/mol. The van der Waals surface area contributed by atoms with Crippen LogP contribution in [0.5, 0.6) is 5.75 Å². The second kappa shape index (κ2) is 3.85. The summed E-state index contributed by atoms with van der Waals surface area (Å²) in [6.45, 7) is 4.40. The Morgan fingerprint density at radius 2 is 2.13 bits per heavy atom. The predicted octanol–water partition coefficient (Wildman–Crippen LogP) is 2.79.